The van der Waals surface area contributed by atoms with Crippen LogP contribution in [-0.2, 0) is 19.5 Å². The molecule has 104 valence electrons. The van der Waals surface area contributed by atoms with Gasteiger partial charge in [-0.15, -0.1) is 10.2 Å². The van der Waals surface area contributed by atoms with Crippen molar-refractivity contribution in [2.24, 2.45) is 5.92 Å². The Morgan fingerprint density at radius 3 is 2.95 bits per heavy atom. The van der Waals surface area contributed by atoms with Gasteiger partial charge < -0.3 is 9.47 Å². The molecule has 1 fully saturated rings. The molecule has 0 radical (unpaired) electrons. The molecule has 2 aromatic rings. The van der Waals surface area contributed by atoms with Crippen LogP contribution >= 0.6 is 22.6 Å². The van der Waals surface area contributed by atoms with Crippen molar-refractivity contribution in [1.29, 1.82) is 0 Å². The molecule has 2 aliphatic rings. The molecular weight excluding hydrogens is 365 g/mol. The molecule has 1 saturated carbocycles. The third-order valence-electron chi connectivity index (χ3n) is 4.04. The summed E-state index contributed by atoms with van der Waals surface area (Å²) in [6, 6.07) is 4.08. The van der Waals surface area contributed by atoms with Crippen LogP contribution in [0, 0.1) is 9.49 Å². The van der Waals surface area contributed by atoms with Crippen molar-refractivity contribution >= 4 is 28.4 Å². The van der Waals surface area contributed by atoms with Crippen molar-refractivity contribution in [2.45, 2.75) is 32.4 Å². The molecule has 3 heterocycles. The summed E-state index contributed by atoms with van der Waals surface area (Å²) >= 11 is 2.34. The molecule has 4 rings (SSSR count). The third kappa shape index (κ3) is 2.30. The zero-order valence-corrected chi connectivity index (χ0v) is 13.3. The van der Waals surface area contributed by atoms with Gasteiger partial charge in [0.15, 0.2) is 5.82 Å². The van der Waals surface area contributed by atoms with E-state index < -0.39 is 0 Å². The number of rotatable bonds is 3. The molecule has 1 aliphatic carbocycles. The Balaban J connectivity index is 1.58. The molecule has 5 nitrogen and oxygen atoms in total. The largest absolute Gasteiger partial charge is 0.346 e. The number of aromatic nitrogens is 4. The van der Waals surface area contributed by atoms with Gasteiger partial charge in [-0.1, -0.05) is 0 Å². The average Bonchev–Trinajstić information content (AvgIpc) is 3.19. The Bertz CT molecular complexity index is 634. The van der Waals surface area contributed by atoms with Crippen LogP contribution in [0.2, 0.25) is 0 Å². The smallest absolute Gasteiger partial charge is 0.152 e. The van der Waals surface area contributed by atoms with E-state index in [0.29, 0.717) is 0 Å². The second-order valence-corrected chi connectivity index (χ2v) is 6.72. The Hall–Kier alpha value is -1.18. The Morgan fingerprint density at radius 1 is 1.25 bits per heavy atom. The first-order valence-electron chi connectivity index (χ1n) is 7.07. The Kier molecular flexibility index (Phi) is 3.13. The van der Waals surface area contributed by atoms with E-state index in [-0.39, 0.29) is 0 Å². The normalized spacial score (nSPS) is 18.1. The lowest BCUT2D eigenvalue weighted by atomic mass is 10.2. The highest BCUT2D eigenvalue weighted by atomic mass is 127. The summed E-state index contributed by atoms with van der Waals surface area (Å²) < 4.78 is 3.50. The van der Waals surface area contributed by atoms with Crippen molar-refractivity contribution in [3.63, 3.8) is 0 Å². The van der Waals surface area contributed by atoms with Gasteiger partial charge in [0.25, 0.3) is 0 Å². The lowest BCUT2D eigenvalue weighted by Crippen LogP contribution is -2.35. The van der Waals surface area contributed by atoms with E-state index in [0.717, 1.165) is 43.6 Å². The van der Waals surface area contributed by atoms with Gasteiger partial charge in [-0.25, -0.2) is 4.98 Å². The predicted molar refractivity (Wildman–Crippen MR) is 84.5 cm³/mol. The second kappa shape index (κ2) is 4.98. The van der Waals surface area contributed by atoms with E-state index in [1.165, 1.54) is 22.2 Å². The summed E-state index contributed by atoms with van der Waals surface area (Å²) in [6.45, 7) is 2.76. The number of hydrogen-bond acceptors (Lipinski definition) is 4. The molecule has 0 aromatic carbocycles. The maximum Gasteiger partial charge on any atom is 0.152 e. The molecule has 2 aromatic heterocycles. The fourth-order valence-corrected chi connectivity index (χ4v) is 3.43. The maximum atomic E-state index is 4.50. The van der Waals surface area contributed by atoms with Gasteiger partial charge in [0.05, 0.1) is 10.1 Å². The fraction of sp³-hybridized carbons (Fsp3) is 0.500. The molecule has 0 N–H and O–H groups in total. The monoisotopic (exact) mass is 381 g/mol. The van der Waals surface area contributed by atoms with Crippen LogP contribution in [0.3, 0.4) is 0 Å². The van der Waals surface area contributed by atoms with Gasteiger partial charge in [-0.2, -0.15) is 0 Å². The van der Waals surface area contributed by atoms with Crippen LogP contribution in [0.25, 0.3) is 0 Å². The van der Waals surface area contributed by atoms with E-state index in [4.69, 9.17) is 0 Å². The highest BCUT2D eigenvalue weighted by molar-refractivity contribution is 14.1. The molecule has 0 saturated heterocycles. The van der Waals surface area contributed by atoms with E-state index >= 15 is 0 Å². The van der Waals surface area contributed by atoms with Crippen LogP contribution in [0.5, 0.6) is 0 Å². The molecule has 20 heavy (non-hydrogen) atoms. The van der Waals surface area contributed by atoms with Gasteiger partial charge >= 0.3 is 0 Å². The predicted octanol–water partition coefficient (Wildman–Crippen LogP) is 2.25. The fourth-order valence-electron chi connectivity index (χ4n) is 2.74. The number of nitrogens with zero attached hydrogens (tertiary/aromatic N) is 5. The van der Waals surface area contributed by atoms with Crippen molar-refractivity contribution < 1.29 is 0 Å². The quantitative estimate of drug-likeness (QED) is 0.766. The van der Waals surface area contributed by atoms with E-state index in [1.54, 1.807) is 0 Å². The standard InChI is InChI=1S/C14H16IN5/c15-11-2-1-5-16-14(11)19-6-7-20-12(8-10-3-4-10)17-18-13(20)9-19/h1-2,5,10H,3-4,6-9H2. The number of hydrogen-bond donors (Lipinski definition) is 0. The molecule has 0 amide bonds. The number of fused-ring (bicyclic) bond motifs is 1. The summed E-state index contributed by atoms with van der Waals surface area (Å²) in [6.07, 6.45) is 5.68. The van der Waals surface area contributed by atoms with Crippen molar-refractivity contribution in [3.05, 3.63) is 33.5 Å². The van der Waals surface area contributed by atoms with Gasteiger partial charge in [0, 0.05) is 25.7 Å². The van der Waals surface area contributed by atoms with Crippen LogP contribution in [0.1, 0.15) is 24.5 Å². The molecule has 0 spiro atoms. The number of anilines is 1. The lowest BCUT2D eigenvalue weighted by molar-refractivity contribution is 0.533. The zero-order chi connectivity index (χ0) is 13.5. The first-order chi connectivity index (χ1) is 9.81. The van der Waals surface area contributed by atoms with Crippen molar-refractivity contribution in [1.82, 2.24) is 19.7 Å². The highest BCUT2D eigenvalue weighted by Crippen LogP contribution is 2.32. The topological polar surface area (TPSA) is 46.8 Å². The Morgan fingerprint density at radius 2 is 2.15 bits per heavy atom. The first kappa shape index (κ1) is 12.6. The summed E-state index contributed by atoms with van der Waals surface area (Å²) in [5, 5.41) is 8.78. The van der Waals surface area contributed by atoms with Gasteiger partial charge in [-0.3, -0.25) is 0 Å². The SMILES string of the molecule is Ic1cccnc1N1CCn2c(CC3CC3)nnc2C1. The minimum atomic E-state index is 0.810. The van der Waals surface area contributed by atoms with Crippen LogP contribution in [-0.4, -0.2) is 26.3 Å². The van der Waals surface area contributed by atoms with Gasteiger partial charge in [-0.05, 0) is 53.5 Å². The van der Waals surface area contributed by atoms with Crippen molar-refractivity contribution in [2.75, 3.05) is 11.4 Å². The third-order valence-corrected chi connectivity index (χ3v) is 4.88. The van der Waals surface area contributed by atoms with Crippen LogP contribution in [0.15, 0.2) is 18.3 Å². The maximum absolute atomic E-state index is 4.50. The number of pyridine rings is 1. The number of halogens is 1. The van der Waals surface area contributed by atoms with Crippen molar-refractivity contribution in [3.8, 4) is 0 Å². The van der Waals surface area contributed by atoms with E-state index in [2.05, 4.69) is 53.3 Å². The Labute approximate surface area is 131 Å². The minimum Gasteiger partial charge on any atom is -0.346 e. The molecular formula is C14H16IN5. The van der Waals surface area contributed by atoms with Crippen LogP contribution in [0.4, 0.5) is 5.82 Å². The van der Waals surface area contributed by atoms with E-state index in [1.807, 2.05) is 12.3 Å². The molecule has 0 atom stereocenters. The summed E-state index contributed by atoms with van der Waals surface area (Å²) in [5.74, 6) is 4.18. The average molecular weight is 381 g/mol. The summed E-state index contributed by atoms with van der Waals surface area (Å²) in [4.78, 5) is 6.80. The van der Waals surface area contributed by atoms with Gasteiger partial charge in [0.1, 0.15) is 11.6 Å². The summed E-state index contributed by atoms with van der Waals surface area (Å²) in [7, 11) is 0. The molecule has 1 aliphatic heterocycles. The van der Waals surface area contributed by atoms with Crippen LogP contribution < -0.4 is 4.90 Å². The minimum absolute atomic E-state index is 0.810. The second-order valence-electron chi connectivity index (χ2n) is 5.56. The van der Waals surface area contributed by atoms with E-state index in [9.17, 15) is 0 Å². The lowest BCUT2D eigenvalue weighted by Gasteiger charge is -2.29. The highest BCUT2D eigenvalue weighted by Gasteiger charge is 2.27. The van der Waals surface area contributed by atoms with Gasteiger partial charge in [0.2, 0.25) is 0 Å². The molecule has 0 unspecified atom stereocenters. The molecule has 0 bridgehead atoms. The molecule has 6 heteroatoms. The summed E-state index contributed by atoms with van der Waals surface area (Å²) in [5.41, 5.74) is 0. The zero-order valence-electron chi connectivity index (χ0n) is 11.2. The first-order valence-corrected chi connectivity index (χ1v) is 8.15.